The molecule has 0 bridgehead atoms. The highest BCUT2D eigenvalue weighted by Gasteiger charge is 2.22. The smallest absolute Gasteiger partial charge is 0.219 e. The van der Waals surface area contributed by atoms with Gasteiger partial charge in [-0.1, -0.05) is 35.3 Å². The summed E-state index contributed by atoms with van der Waals surface area (Å²) in [5.41, 5.74) is 1.08. The molecule has 1 aliphatic rings. The molecule has 1 aromatic carbocycles. The number of quaternary nitrogens is 1. The third-order valence-corrected chi connectivity index (χ3v) is 4.25. The van der Waals surface area contributed by atoms with Crippen LogP contribution >= 0.6 is 23.2 Å². The van der Waals surface area contributed by atoms with Gasteiger partial charge in [0, 0.05) is 12.5 Å². The summed E-state index contributed by atoms with van der Waals surface area (Å²) < 4.78 is 0. The van der Waals surface area contributed by atoms with Crippen molar-refractivity contribution in [3.05, 3.63) is 33.8 Å². The Morgan fingerprint density at radius 1 is 1.33 bits per heavy atom. The van der Waals surface area contributed by atoms with Gasteiger partial charge in [-0.3, -0.25) is 4.79 Å². The zero-order valence-corrected chi connectivity index (χ0v) is 11.9. The van der Waals surface area contributed by atoms with Crippen LogP contribution < -0.4 is 4.90 Å². The Bertz CT molecular complexity index is 443. The Morgan fingerprint density at radius 3 is 2.61 bits per heavy atom. The monoisotopic (exact) mass is 287 g/mol. The van der Waals surface area contributed by atoms with Gasteiger partial charge in [0.1, 0.15) is 6.54 Å². The Morgan fingerprint density at radius 2 is 2.00 bits per heavy atom. The molecule has 1 aromatic rings. The van der Waals surface area contributed by atoms with Gasteiger partial charge in [0.2, 0.25) is 5.91 Å². The molecule has 0 atom stereocenters. The lowest BCUT2D eigenvalue weighted by molar-refractivity contribution is -0.917. The third-order valence-electron chi connectivity index (χ3n) is 3.39. The highest BCUT2D eigenvalue weighted by atomic mass is 35.5. The molecule has 1 aliphatic heterocycles. The number of halogens is 2. The minimum absolute atomic E-state index is 0.162. The van der Waals surface area contributed by atoms with Gasteiger partial charge in [-0.25, -0.2) is 0 Å². The van der Waals surface area contributed by atoms with Crippen molar-refractivity contribution in [1.29, 1.82) is 0 Å². The second kappa shape index (κ2) is 5.91. The summed E-state index contributed by atoms with van der Waals surface area (Å²) in [5, 5.41) is 1.26. The fraction of sp³-hybridized carbons (Fsp3) is 0.462. The van der Waals surface area contributed by atoms with Crippen LogP contribution in [0.5, 0.6) is 0 Å². The number of rotatable bonds is 2. The predicted octanol–water partition coefficient (Wildman–Crippen LogP) is 1.24. The Balaban J connectivity index is 1.96. The topological polar surface area (TPSA) is 24.8 Å². The number of carbonyl (C=O) groups is 1. The molecule has 0 unspecified atom stereocenters. The quantitative estimate of drug-likeness (QED) is 0.870. The van der Waals surface area contributed by atoms with Crippen LogP contribution in [-0.4, -0.2) is 37.0 Å². The summed E-state index contributed by atoms with van der Waals surface area (Å²) in [6.07, 6.45) is 0. The molecule has 18 heavy (non-hydrogen) atoms. The lowest BCUT2D eigenvalue weighted by Gasteiger charge is -2.31. The highest BCUT2D eigenvalue weighted by Crippen LogP contribution is 2.24. The van der Waals surface area contributed by atoms with Gasteiger partial charge >= 0.3 is 0 Å². The summed E-state index contributed by atoms with van der Waals surface area (Å²) in [7, 11) is 0. The highest BCUT2D eigenvalue weighted by molar-refractivity contribution is 6.42. The molecule has 1 amide bonds. The number of hydrogen-bond acceptors (Lipinski definition) is 1. The van der Waals surface area contributed by atoms with E-state index < -0.39 is 0 Å². The minimum Gasteiger partial charge on any atom is -0.332 e. The molecular weight excluding hydrogens is 271 g/mol. The molecule has 98 valence electrons. The van der Waals surface area contributed by atoms with Crippen molar-refractivity contribution in [3.8, 4) is 0 Å². The minimum atomic E-state index is 0.162. The van der Waals surface area contributed by atoms with Crippen LogP contribution in [0.15, 0.2) is 18.2 Å². The van der Waals surface area contributed by atoms with Gasteiger partial charge in [0.25, 0.3) is 0 Å². The van der Waals surface area contributed by atoms with Crippen LogP contribution in [0.2, 0.25) is 10.0 Å². The number of carbonyl (C=O) groups excluding carboxylic acids is 1. The van der Waals surface area contributed by atoms with Crippen LogP contribution in [0.1, 0.15) is 12.5 Å². The van der Waals surface area contributed by atoms with E-state index in [-0.39, 0.29) is 5.91 Å². The molecule has 2 rings (SSSR count). The van der Waals surface area contributed by atoms with E-state index in [2.05, 4.69) is 0 Å². The summed E-state index contributed by atoms with van der Waals surface area (Å²) >= 11 is 12.2. The summed E-state index contributed by atoms with van der Waals surface area (Å²) in [6, 6.07) is 5.74. The molecule has 3 nitrogen and oxygen atoms in total. The second-order valence-corrected chi connectivity index (χ2v) is 5.43. The van der Waals surface area contributed by atoms with Gasteiger partial charge in [0.15, 0.2) is 0 Å². The number of hydrogen-bond donors (Lipinski definition) is 1. The molecule has 0 radical (unpaired) electrons. The van der Waals surface area contributed by atoms with Gasteiger partial charge in [0.05, 0.1) is 36.2 Å². The van der Waals surface area contributed by atoms with E-state index in [0.717, 1.165) is 38.3 Å². The van der Waals surface area contributed by atoms with E-state index >= 15 is 0 Å². The fourth-order valence-electron chi connectivity index (χ4n) is 2.27. The van der Waals surface area contributed by atoms with Crippen molar-refractivity contribution < 1.29 is 9.69 Å². The van der Waals surface area contributed by atoms with Crippen LogP contribution in [0, 0.1) is 0 Å². The average Bonchev–Trinajstić information content (AvgIpc) is 2.36. The Labute approximate surface area is 117 Å². The zero-order chi connectivity index (χ0) is 13.1. The molecule has 1 heterocycles. The zero-order valence-electron chi connectivity index (χ0n) is 10.4. The van der Waals surface area contributed by atoms with Crippen LogP contribution in [0.3, 0.4) is 0 Å². The predicted molar refractivity (Wildman–Crippen MR) is 73.1 cm³/mol. The van der Waals surface area contributed by atoms with Crippen molar-refractivity contribution >= 4 is 29.1 Å². The van der Waals surface area contributed by atoms with Crippen LogP contribution in [0.4, 0.5) is 0 Å². The second-order valence-electron chi connectivity index (χ2n) is 4.65. The van der Waals surface area contributed by atoms with Crippen molar-refractivity contribution in [3.63, 3.8) is 0 Å². The van der Waals surface area contributed by atoms with E-state index in [1.165, 1.54) is 4.90 Å². The molecule has 1 saturated heterocycles. The van der Waals surface area contributed by atoms with Crippen molar-refractivity contribution in [2.75, 3.05) is 26.2 Å². The maximum atomic E-state index is 11.2. The molecule has 0 spiro atoms. The first-order valence-electron chi connectivity index (χ1n) is 6.10. The van der Waals surface area contributed by atoms with Gasteiger partial charge < -0.3 is 9.80 Å². The first-order chi connectivity index (χ1) is 8.58. The van der Waals surface area contributed by atoms with Crippen LogP contribution in [-0.2, 0) is 11.3 Å². The molecular formula is C13H17Cl2N2O+. The number of piperazine rings is 1. The van der Waals surface area contributed by atoms with E-state index in [1.807, 2.05) is 17.0 Å². The maximum Gasteiger partial charge on any atom is 0.219 e. The number of nitrogens with one attached hydrogen (secondary N) is 1. The van der Waals surface area contributed by atoms with E-state index in [1.54, 1.807) is 13.0 Å². The summed E-state index contributed by atoms with van der Waals surface area (Å²) in [6.45, 7) is 6.06. The van der Waals surface area contributed by atoms with E-state index in [0.29, 0.717) is 10.0 Å². The van der Waals surface area contributed by atoms with Gasteiger partial charge in [-0.05, 0) is 6.07 Å². The molecule has 1 fully saturated rings. The SMILES string of the molecule is CC(=O)N1CC[NH+](Cc2cccc(Cl)c2Cl)CC1. The van der Waals surface area contributed by atoms with E-state index in [9.17, 15) is 4.79 Å². The lowest BCUT2D eigenvalue weighted by atomic mass is 10.2. The summed E-state index contributed by atoms with van der Waals surface area (Å²) in [4.78, 5) is 14.6. The van der Waals surface area contributed by atoms with Gasteiger partial charge in [-0.2, -0.15) is 0 Å². The lowest BCUT2D eigenvalue weighted by Crippen LogP contribution is -3.13. The van der Waals surface area contributed by atoms with Crippen molar-refractivity contribution in [1.82, 2.24) is 4.90 Å². The van der Waals surface area contributed by atoms with Crippen molar-refractivity contribution in [2.45, 2.75) is 13.5 Å². The first-order valence-corrected chi connectivity index (χ1v) is 6.85. The normalized spacial score (nSPS) is 16.9. The number of benzene rings is 1. The maximum absolute atomic E-state index is 11.2. The van der Waals surface area contributed by atoms with Crippen molar-refractivity contribution in [2.24, 2.45) is 0 Å². The first kappa shape index (κ1) is 13.7. The Kier molecular flexibility index (Phi) is 4.49. The molecule has 0 saturated carbocycles. The van der Waals surface area contributed by atoms with E-state index in [4.69, 9.17) is 23.2 Å². The summed E-state index contributed by atoms with van der Waals surface area (Å²) in [5.74, 6) is 0.162. The number of amides is 1. The average molecular weight is 288 g/mol. The van der Waals surface area contributed by atoms with Gasteiger partial charge in [-0.15, -0.1) is 0 Å². The molecule has 5 heteroatoms. The Hall–Kier alpha value is -0.770. The molecule has 0 aromatic heterocycles. The largest absolute Gasteiger partial charge is 0.332 e. The molecule has 1 N–H and O–H groups in total. The molecule has 0 aliphatic carbocycles. The third kappa shape index (κ3) is 3.16. The standard InChI is InChI=1S/C13H16Cl2N2O/c1-10(18)17-7-5-16(6-8-17)9-11-3-2-4-12(14)13(11)15/h2-4H,5-9H2,1H3/p+1. The fourth-order valence-corrected chi connectivity index (χ4v) is 2.66. The van der Waals surface area contributed by atoms with Crippen LogP contribution in [0.25, 0.3) is 0 Å². The number of nitrogens with zero attached hydrogens (tertiary/aromatic N) is 1.